The maximum Gasteiger partial charge on any atom is 0.387 e. The smallest absolute Gasteiger partial charge is 0.387 e. The Bertz CT molecular complexity index is 440. The number of quaternary nitrogens is 1. The van der Waals surface area contributed by atoms with E-state index < -0.39 is 18.6 Å². The zero-order chi connectivity index (χ0) is 14.4. The first kappa shape index (κ1) is 15.2. The van der Waals surface area contributed by atoms with Crippen molar-refractivity contribution in [2.45, 2.75) is 26.0 Å². The van der Waals surface area contributed by atoms with E-state index in [9.17, 15) is 18.7 Å². The summed E-state index contributed by atoms with van der Waals surface area (Å²) in [7, 11) is 0. The van der Waals surface area contributed by atoms with Gasteiger partial charge in [0.2, 0.25) is 0 Å². The van der Waals surface area contributed by atoms with Crippen LogP contribution in [0, 0.1) is 0 Å². The van der Waals surface area contributed by atoms with Crippen LogP contribution in [0.25, 0.3) is 0 Å². The number of carbonyl (C=O) groups excluding carboxylic acids is 1. The fraction of sp³-hybridized carbons (Fsp3) is 0.417. The molecule has 0 amide bonds. The van der Waals surface area contributed by atoms with E-state index in [1.165, 1.54) is 18.2 Å². The quantitative estimate of drug-likeness (QED) is 0.765. The van der Waals surface area contributed by atoms with Crippen molar-refractivity contribution < 1.29 is 33.9 Å². The van der Waals surface area contributed by atoms with Crippen molar-refractivity contribution in [3.8, 4) is 11.5 Å². The van der Waals surface area contributed by atoms with Crippen molar-refractivity contribution >= 4 is 5.97 Å². The molecule has 0 radical (unpaired) electrons. The molecule has 0 aliphatic carbocycles. The Morgan fingerprint density at radius 2 is 2.11 bits per heavy atom. The second kappa shape index (κ2) is 6.89. The Morgan fingerprint density at radius 3 is 2.63 bits per heavy atom. The van der Waals surface area contributed by atoms with Crippen LogP contribution in [0.1, 0.15) is 24.9 Å². The van der Waals surface area contributed by atoms with Crippen molar-refractivity contribution in [3.05, 3.63) is 23.8 Å². The molecule has 0 aliphatic heterocycles. The molecule has 0 saturated heterocycles. The number of aliphatic carboxylic acids is 1. The Labute approximate surface area is 108 Å². The van der Waals surface area contributed by atoms with Crippen molar-refractivity contribution in [1.82, 2.24) is 0 Å². The van der Waals surface area contributed by atoms with Gasteiger partial charge in [-0.05, 0) is 25.1 Å². The van der Waals surface area contributed by atoms with Gasteiger partial charge in [0, 0.05) is 18.0 Å². The van der Waals surface area contributed by atoms with Gasteiger partial charge in [0.1, 0.15) is 6.04 Å². The number of carboxylic acids is 1. The van der Waals surface area contributed by atoms with E-state index in [1.54, 1.807) is 6.92 Å². The van der Waals surface area contributed by atoms with Crippen LogP contribution in [-0.4, -0.2) is 19.2 Å². The second-order valence-electron chi connectivity index (χ2n) is 3.79. The molecule has 0 fully saturated rings. The largest absolute Gasteiger partial charge is 0.550 e. The van der Waals surface area contributed by atoms with E-state index in [0.29, 0.717) is 5.56 Å². The van der Waals surface area contributed by atoms with Gasteiger partial charge >= 0.3 is 6.61 Å². The molecule has 0 aromatic heterocycles. The minimum Gasteiger partial charge on any atom is -0.550 e. The third-order valence-corrected chi connectivity index (χ3v) is 2.37. The van der Waals surface area contributed by atoms with E-state index in [-0.39, 0.29) is 24.5 Å². The first-order valence-corrected chi connectivity index (χ1v) is 5.68. The Balaban J connectivity index is 2.97. The number of alkyl halides is 2. The van der Waals surface area contributed by atoms with Gasteiger partial charge in [-0.25, -0.2) is 0 Å². The summed E-state index contributed by atoms with van der Waals surface area (Å²) >= 11 is 0. The molecule has 19 heavy (non-hydrogen) atoms. The minimum atomic E-state index is -2.95. The van der Waals surface area contributed by atoms with Crippen LogP contribution < -0.4 is 20.3 Å². The van der Waals surface area contributed by atoms with Crippen LogP contribution in [0.4, 0.5) is 8.78 Å². The Hall–Kier alpha value is -1.89. The topological polar surface area (TPSA) is 86.2 Å². The molecule has 1 atom stereocenters. The number of carbonyl (C=O) groups is 1. The van der Waals surface area contributed by atoms with Gasteiger partial charge < -0.3 is 25.1 Å². The molecule has 7 heteroatoms. The Morgan fingerprint density at radius 1 is 1.42 bits per heavy atom. The van der Waals surface area contributed by atoms with Crippen LogP contribution >= 0.6 is 0 Å². The molecule has 0 saturated carbocycles. The van der Waals surface area contributed by atoms with Gasteiger partial charge in [-0.3, -0.25) is 0 Å². The molecular formula is C12H15F2NO4. The molecule has 1 rings (SSSR count). The van der Waals surface area contributed by atoms with Crippen molar-refractivity contribution in [1.29, 1.82) is 0 Å². The van der Waals surface area contributed by atoms with Crippen LogP contribution in [0.3, 0.4) is 0 Å². The summed E-state index contributed by atoms with van der Waals surface area (Å²) in [6.45, 7) is -0.989. The number of rotatable bonds is 7. The highest BCUT2D eigenvalue weighted by Crippen LogP contribution is 2.31. The lowest BCUT2D eigenvalue weighted by Crippen LogP contribution is -2.55. The summed E-state index contributed by atoms with van der Waals surface area (Å²) in [6.07, 6.45) is -0.263. The molecule has 0 spiro atoms. The maximum atomic E-state index is 12.2. The van der Waals surface area contributed by atoms with Gasteiger partial charge in [0.15, 0.2) is 11.5 Å². The first-order valence-electron chi connectivity index (χ1n) is 5.68. The number of hydrogen-bond acceptors (Lipinski definition) is 4. The molecule has 0 bridgehead atoms. The molecule has 3 N–H and O–H groups in total. The van der Waals surface area contributed by atoms with Gasteiger partial charge in [-0.1, -0.05) is 0 Å². The predicted octanol–water partition coefficient (Wildman–Crippen LogP) is 0.110. The van der Waals surface area contributed by atoms with Gasteiger partial charge in [-0.2, -0.15) is 8.78 Å². The molecule has 1 aromatic carbocycles. The average Bonchev–Trinajstić information content (AvgIpc) is 2.30. The molecule has 0 unspecified atom stereocenters. The number of ether oxygens (including phenoxy) is 2. The van der Waals surface area contributed by atoms with Crippen LogP contribution in [0.2, 0.25) is 0 Å². The molecule has 106 valence electrons. The molecule has 1 aromatic rings. The van der Waals surface area contributed by atoms with Gasteiger partial charge in [0.05, 0.1) is 6.61 Å². The summed E-state index contributed by atoms with van der Waals surface area (Å²) in [5, 5.41) is 10.5. The van der Waals surface area contributed by atoms with E-state index in [4.69, 9.17) is 4.74 Å². The van der Waals surface area contributed by atoms with E-state index >= 15 is 0 Å². The fourth-order valence-corrected chi connectivity index (χ4v) is 1.56. The average molecular weight is 275 g/mol. The van der Waals surface area contributed by atoms with Crippen LogP contribution in [0.5, 0.6) is 11.5 Å². The SMILES string of the molecule is CCOc1cc([C@H]([NH3+])CC(=O)[O-])ccc1OC(F)F. The zero-order valence-corrected chi connectivity index (χ0v) is 10.4. The highest BCUT2D eigenvalue weighted by Gasteiger charge is 2.16. The van der Waals surface area contributed by atoms with Gasteiger partial charge in [-0.15, -0.1) is 0 Å². The molecule has 5 nitrogen and oxygen atoms in total. The summed E-state index contributed by atoms with van der Waals surface area (Å²) in [5.74, 6) is -1.19. The normalized spacial score (nSPS) is 12.3. The fourth-order valence-electron chi connectivity index (χ4n) is 1.56. The summed E-state index contributed by atoms with van der Waals surface area (Å²) < 4.78 is 33.9. The highest BCUT2D eigenvalue weighted by atomic mass is 19.3. The lowest BCUT2D eigenvalue weighted by Gasteiger charge is -2.15. The van der Waals surface area contributed by atoms with Crippen molar-refractivity contribution in [2.75, 3.05) is 6.61 Å². The third kappa shape index (κ3) is 4.70. The summed E-state index contributed by atoms with van der Waals surface area (Å²) in [5.41, 5.74) is 4.23. The van der Waals surface area contributed by atoms with E-state index in [1.807, 2.05) is 0 Å². The number of halogens is 2. The summed E-state index contributed by atoms with van der Waals surface area (Å²) in [6, 6.07) is 3.67. The van der Waals surface area contributed by atoms with Gasteiger partial charge in [0.25, 0.3) is 0 Å². The van der Waals surface area contributed by atoms with Crippen molar-refractivity contribution in [2.24, 2.45) is 0 Å². The van der Waals surface area contributed by atoms with Crippen LogP contribution in [-0.2, 0) is 4.79 Å². The predicted molar refractivity (Wildman–Crippen MR) is 59.5 cm³/mol. The first-order chi connectivity index (χ1) is 8.93. The zero-order valence-electron chi connectivity index (χ0n) is 10.4. The third-order valence-electron chi connectivity index (χ3n) is 2.37. The lowest BCUT2D eigenvalue weighted by molar-refractivity contribution is -0.430. The highest BCUT2D eigenvalue weighted by molar-refractivity contribution is 5.65. The monoisotopic (exact) mass is 275 g/mol. The van der Waals surface area contributed by atoms with Crippen molar-refractivity contribution in [3.63, 3.8) is 0 Å². The number of hydrogen-bond donors (Lipinski definition) is 1. The van der Waals surface area contributed by atoms with E-state index in [0.717, 1.165) is 0 Å². The van der Waals surface area contributed by atoms with E-state index in [2.05, 4.69) is 10.5 Å². The van der Waals surface area contributed by atoms with Crippen LogP contribution in [0.15, 0.2) is 18.2 Å². The lowest BCUT2D eigenvalue weighted by atomic mass is 10.0. The minimum absolute atomic E-state index is 0.0961. The molecule has 0 heterocycles. The second-order valence-corrected chi connectivity index (χ2v) is 3.79. The molecular weight excluding hydrogens is 260 g/mol. The maximum absolute atomic E-state index is 12.2. The number of carboxylic acid groups (broad SMARTS) is 1. The summed E-state index contributed by atoms with van der Waals surface area (Å²) in [4.78, 5) is 10.5. The Kier molecular flexibility index (Phi) is 5.50. The standard InChI is InChI=1S/C12H15F2NO4/c1-2-18-10-5-7(8(15)6-11(16)17)3-4-9(10)19-12(13)14/h3-5,8,12H,2,6,15H2,1H3,(H,16,17)/t8-/m1/s1. The molecule has 0 aliphatic rings. The number of benzene rings is 1.